The Bertz CT molecular complexity index is 1560. The number of hydrogen-bond acceptors (Lipinski definition) is 10. The number of hydrogen-bond donors (Lipinski definition) is 6. The van der Waals surface area contributed by atoms with E-state index in [0.29, 0.717) is 24.2 Å². The minimum atomic E-state index is -1.20. The SMILES string of the molecule is COC(=O)N[C@@H](CC(N)=O)C(=O)N1CC[C@@H](C(=O)Nc2ccc(-c3ccc(NC(=O)[C@H]4CCN(C(=O)[C@@H](CC(N)=O)NC(=O)OC)C4)cc3)cc2)C1. The van der Waals surface area contributed by atoms with Crippen molar-refractivity contribution in [1.29, 1.82) is 0 Å². The molecule has 52 heavy (non-hydrogen) atoms. The Morgan fingerprint density at radius 3 is 1.29 bits per heavy atom. The average molecular weight is 723 g/mol. The number of nitrogens with one attached hydrogen (secondary N) is 4. The van der Waals surface area contributed by atoms with Gasteiger partial charge in [-0.05, 0) is 48.2 Å². The van der Waals surface area contributed by atoms with Gasteiger partial charge in [-0.2, -0.15) is 0 Å². The average Bonchev–Trinajstić information content (AvgIpc) is 3.82. The molecule has 2 aliphatic rings. The molecular formula is C34H42N8O10. The third-order valence-electron chi connectivity index (χ3n) is 8.74. The number of methoxy groups -OCH3 is 2. The zero-order chi connectivity index (χ0) is 37.9. The van der Waals surface area contributed by atoms with E-state index in [2.05, 4.69) is 30.7 Å². The number of carbonyl (C=O) groups is 8. The Balaban J connectivity index is 1.27. The van der Waals surface area contributed by atoms with Gasteiger partial charge in [-0.15, -0.1) is 0 Å². The Morgan fingerprint density at radius 2 is 0.981 bits per heavy atom. The first kappa shape index (κ1) is 38.6. The van der Waals surface area contributed by atoms with Crippen LogP contribution in [0.25, 0.3) is 11.1 Å². The van der Waals surface area contributed by atoms with Crippen LogP contribution in [-0.4, -0.2) is 110 Å². The number of rotatable bonds is 13. The second kappa shape index (κ2) is 17.6. The molecule has 2 aromatic carbocycles. The van der Waals surface area contributed by atoms with E-state index >= 15 is 0 Å². The lowest BCUT2D eigenvalue weighted by Gasteiger charge is -2.23. The standard InChI is InChI=1S/C34H42N8O10/c1-51-33(49)39-25(15-27(35)43)31(47)41-13-11-21(17-41)29(45)37-23-7-3-19(4-8-23)20-5-9-24(10-6-20)38-30(46)22-12-14-42(18-22)32(48)26(16-28(36)44)40-34(50)52-2/h3-10,21-22,25-26H,11-18H2,1-2H3,(H2,35,43)(H2,36,44)(H,37,45)(H,38,46)(H,39,49)(H,40,50)/t21-,22+,25+,26-. The molecule has 2 saturated heterocycles. The molecule has 0 aromatic heterocycles. The predicted octanol–water partition coefficient (Wildman–Crippen LogP) is 0.128. The lowest BCUT2D eigenvalue weighted by atomic mass is 10.0. The molecular weight excluding hydrogens is 680 g/mol. The molecule has 2 heterocycles. The number of alkyl carbamates (subject to hydrolysis) is 2. The summed E-state index contributed by atoms with van der Waals surface area (Å²) in [6.07, 6.45) is -1.79. The van der Waals surface area contributed by atoms with Crippen LogP contribution < -0.4 is 32.7 Å². The number of anilines is 2. The second-order valence-electron chi connectivity index (χ2n) is 12.4. The molecule has 0 radical (unpaired) electrons. The maximum Gasteiger partial charge on any atom is 0.407 e. The van der Waals surface area contributed by atoms with E-state index in [9.17, 15) is 38.4 Å². The minimum Gasteiger partial charge on any atom is -0.453 e. The van der Waals surface area contributed by atoms with Gasteiger partial charge in [0.1, 0.15) is 12.1 Å². The van der Waals surface area contributed by atoms with E-state index in [4.69, 9.17) is 11.5 Å². The highest BCUT2D eigenvalue weighted by Crippen LogP contribution is 2.26. The summed E-state index contributed by atoms with van der Waals surface area (Å²) in [5, 5.41) is 10.3. The van der Waals surface area contributed by atoms with Crippen molar-refractivity contribution in [1.82, 2.24) is 20.4 Å². The first-order valence-electron chi connectivity index (χ1n) is 16.4. The maximum atomic E-state index is 13.0. The number of ether oxygens (including phenoxy) is 2. The fourth-order valence-corrected chi connectivity index (χ4v) is 5.98. The van der Waals surface area contributed by atoms with Crippen molar-refractivity contribution < 1.29 is 47.8 Å². The Hall–Kier alpha value is -6.20. The van der Waals surface area contributed by atoms with Gasteiger partial charge in [0.2, 0.25) is 35.4 Å². The smallest absolute Gasteiger partial charge is 0.407 e. The van der Waals surface area contributed by atoms with E-state index in [1.807, 2.05) is 24.3 Å². The van der Waals surface area contributed by atoms with Crippen molar-refractivity contribution in [2.24, 2.45) is 23.3 Å². The molecule has 8 amide bonds. The summed E-state index contributed by atoms with van der Waals surface area (Å²) < 4.78 is 9.05. The molecule has 278 valence electrons. The molecule has 0 bridgehead atoms. The third-order valence-corrected chi connectivity index (χ3v) is 8.74. The van der Waals surface area contributed by atoms with Gasteiger partial charge in [-0.1, -0.05) is 24.3 Å². The predicted molar refractivity (Wildman–Crippen MR) is 185 cm³/mol. The van der Waals surface area contributed by atoms with E-state index < -0.39 is 72.6 Å². The van der Waals surface area contributed by atoms with Crippen LogP contribution >= 0.6 is 0 Å². The molecule has 0 spiro atoms. The first-order chi connectivity index (χ1) is 24.8. The van der Waals surface area contributed by atoms with E-state index in [0.717, 1.165) is 25.3 Å². The number of primary amides is 2. The highest BCUT2D eigenvalue weighted by molar-refractivity contribution is 5.96. The minimum absolute atomic E-state index is 0.104. The molecule has 0 unspecified atom stereocenters. The summed E-state index contributed by atoms with van der Waals surface area (Å²) in [7, 11) is 2.26. The van der Waals surface area contributed by atoms with Crippen molar-refractivity contribution in [3.63, 3.8) is 0 Å². The summed E-state index contributed by atoms with van der Waals surface area (Å²) >= 11 is 0. The quantitative estimate of drug-likeness (QED) is 0.163. The summed E-state index contributed by atoms with van der Waals surface area (Å²) in [4.78, 5) is 101. The van der Waals surface area contributed by atoms with Crippen molar-refractivity contribution >= 4 is 59.0 Å². The number of nitrogens with two attached hydrogens (primary N) is 2. The van der Waals surface area contributed by atoms with Crippen LogP contribution in [0.2, 0.25) is 0 Å². The van der Waals surface area contributed by atoms with Crippen LogP contribution in [0.4, 0.5) is 21.0 Å². The number of likely N-dealkylation sites (tertiary alicyclic amines) is 2. The molecule has 0 saturated carbocycles. The van der Waals surface area contributed by atoms with Crippen molar-refractivity contribution in [3.05, 3.63) is 48.5 Å². The van der Waals surface area contributed by atoms with Gasteiger partial charge in [0.25, 0.3) is 0 Å². The van der Waals surface area contributed by atoms with Gasteiger partial charge >= 0.3 is 12.2 Å². The lowest BCUT2D eigenvalue weighted by Crippen LogP contribution is -2.49. The van der Waals surface area contributed by atoms with Crippen LogP contribution in [-0.2, 0) is 38.2 Å². The number of benzene rings is 2. The van der Waals surface area contributed by atoms with Crippen molar-refractivity contribution in [2.45, 2.75) is 37.8 Å². The van der Waals surface area contributed by atoms with Crippen molar-refractivity contribution in [2.75, 3.05) is 51.0 Å². The van der Waals surface area contributed by atoms with Crippen LogP contribution in [0.3, 0.4) is 0 Å². The first-order valence-corrected chi connectivity index (χ1v) is 16.4. The normalized spacial score (nSPS) is 17.7. The van der Waals surface area contributed by atoms with Gasteiger partial charge in [0.05, 0.1) is 38.9 Å². The number of carbonyl (C=O) groups excluding carboxylic acids is 8. The van der Waals surface area contributed by atoms with E-state index in [1.165, 1.54) is 9.80 Å². The van der Waals surface area contributed by atoms with Gasteiger partial charge in [0.15, 0.2) is 0 Å². The van der Waals surface area contributed by atoms with E-state index in [1.54, 1.807) is 24.3 Å². The molecule has 2 aliphatic heterocycles. The van der Waals surface area contributed by atoms with Crippen molar-refractivity contribution in [3.8, 4) is 11.1 Å². The molecule has 18 nitrogen and oxygen atoms in total. The molecule has 2 fully saturated rings. The van der Waals surface area contributed by atoms with Gasteiger partial charge in [0, 0.05) is 37.6 Å². The highest BCUT2D eigenvalue weighted by atomic mass is 16.5. The largest absolute Gasteiger partial charge is 0.453 e. The summed E-state index contributed by atoms with van der Waals surface area (Å²) in [5.41, 5.74) is 13.3. The summed E-state index contributed by atoms with van der Waals surface area (Å²) in [5.74, 6) is -4.19. The molecule has 18 heteroatoms. The molecule has 8 N–H and O–H groups in total. The fraction of sp³-hybridized carbons (Fsp3) is 0.412. The van der Waals surface area contributed by atoms with Crippen LogP contribution in [0.15, 0.2) is 48.5 Å². The van der Waals surface area contributed by atoms with E-state index in [-0.39, 0.29) is 38.0 Å². The highest BCUT2D eigenvalue weighted by Gasteiger charge is 2.37. The lowest BCUT2D eigenvalue weighted by molar-refractivity contribution is -0.135. The Kier molecular flexibility index (Phi) is 13.1. The second-order valence-corrected chi connectivity index (χ2v) is 12.4. The topological polar surface area (TPSA) is 262 Å². The van der Waals surface area contributed by atoms with Crippen LogP contribution in [0.5, 0.6) is 0 Å². The molecule has 2 aromatic rings. The number of nitrogens with zero attached hydrogens (tertiary/aromatic N) is 2. The number of amides is 8. The molecule has 0 aliphatic carbocycles. The zero-order valence-corrected chi connectivity index (χ0v) is 28.7. The van der Waals surface area contributed by atoms with Crippen LogP contribution in [0.1, 0.15) is 25.7 Å². The summed E-state index contributed by atoms with van der Waals surface area (Å²) in [6, 6.07) is 11.9. The fourth-order valence-electron chi connectivity index (χ4n) is 5.98. The third kappa shape index (κ3) is 10.4. The zero-order valence-electron chi connectivity index (χ0n) is 28.7. The summed E-state index contributed by atoms with van der Waals surface area (Å²) in [6.45, 7) is 0.732. The van der Waals surface area contributed by atoms with Gasteiger partial charge in [-0.3, -0.25) is 28.8 Å². The Labute approximate surface area is 298 Å². The maximum absolute atomic E-state index is 13.0. The molecule has 4 atom stereocenters. The Morgan fingerprint density at radius 1 is 0.635 bits per heavy atom. The van der Waals surface area contributed by atoms with Gasteiger partial charge < -0.3 is 52.0 Å². The van der Waals surface area contributed by atoms with Crippen LogP contribution in [0, 0.1) is 11.8 Å². The van der Waals surface area contributed by atoms with Gasteiger partial charge in [-0.25, -0.2) is 9.59 Å². The monoisotopic (exact) mass is 722 g/mol. The molecule has 4 rings (SSSR count).